The molecule has 1 aromatic heterocycles. The van der Waals surface area contributed by atoms with Crippen molar-refractivity contribution in [3.05, 3.63) is 105 Å². The predicted molar refractivity (Wildman–Crippen MR) is 151 cm³/mol. The number of nitrogens with zero attached hydrogens (tertiary/aromatic N) is 3. The van der Waals surface area contributed by atoms with E-state index in [1.54, 1.807) is 29.2 Å². The van der Waals surface area contributed by atoms with Crippen molar-refractivity contribution in [2.24, 2.45) is 11.8 Å². The van der Waals surface area contributed by atoms with E-state index in [1.807, 2.05) is 18.2 Å². The largest absolute Gasteiger partial charge is 0.502 e. The molecule has 218 valence electrons. The molecule has 0 radical (unpaired) electrons. The Morgan fingerprint density at radius 2 is 1.98 bits per heavy atom. The third-order valence-electron chi connectivity index (χ3n) is 9.04. The third kappa shape index (κ3) is 4.03. The number of halogens is 3. The molecule has 1 amide bonds. The number of fused-ring (bicyclic) bond motifs is 7. The molecule has 3 atom stereocenters. The Hall–Kier alpha value is -3.89. The summed E-state index contributed by atoms with van der Waals surface area (Å²) in [6.07, 6.45) is 14.1. The lowest BCUT2D eigenvalue weighted by Crippen LogP contribution is -2.67. The first-order valence-electron chi connectivity index (χ1n) is 13.8. The summed E-state index contributed by atoms with van der Waals surface area (Å²) in [4.78, 5) is 28.4. The van der Waals surface area contributed by atoms with Crippen molar-refractivity contribution in [1.82, 2.24) is 9.58 Å². The van der Waals surface area contributed by atoms with E-state index in [0.29, 0.717) is 23.4 Å². The number of ether oxygens (including phenoxy) is 2. The van der Waals surface area contributed by atoms with Crippen molar-refractivity contribution in [2.75, 3.05) is 25.4 Å². The maximum absolute atomic E-state index is 15.6. The minimum atomic E-state index is -1.14. The summed E-state index contributed by atoms with van der Waals surface area (Å²) >= 11 is 6.98. The molecule has 42 heavy (non-hydrogen) atoms. The monoisotopic (exact) mass is 595 g/mol. The molecule has 2 saturated carbocycles. The number of methoxy groups -OCH3 is 1. The van der Waals surface area contributed by atoms with Crippen molar-refractivity contribution in [2.45, 2.75) is 36.9 Å². The Bertz CT molecular complexity index is 1670. The van der Waals surface area contributed by atoms with E-state index in [-0.39, 0.29) is 42.7 Å². The summed E-state index contributed by atoms with van der Waals surface area (Å²) < 4.78 is 43.2. The van der Waals surface area contributed by atoms with Crippen LogP contribution >= 0.6 is 11.6 Å². The van der Waals surface area contributed by atoms with Crippen LogP contribution in [0.5, 0.6) is 11.5 Å². The minimum Gasteiger partial charge on any atom is -0.502 e. The maximum Gasteiger partial charge on any atom is 0.278 e. The second kappa shape index (κ2) is 9.84. The number of allylic oxidation sites excluding steroid dienone is 5. The number of hydrogen-bond donors (Lipinski definition) is 1. The van der Waals surface area contributed by atoms with Crippen LogP contribution in [0.3, 0.4) is 0 Å². The van der Waals surface area contributed by atoms with Crippen LogP contribution in [0, 0.1) is 23.5 Å². The molecule has 11 heteroatoms. The molecule has 0 saturated heterocycles. The van der Waals surface area contributed by atoms with E-state index >= 15 is 4.39 Å². The van der Waals surface area contributed by atoms with Crippen LogP contribution in [0.15, 0.2) is 76.3 Å². The molecule has 2 aliphatic heterocycles. The third-order valence-corrected chi connectivity index (χ3v) is 9.39. The van der Waals surface area contributed by atoms with Crippen molar-refractivity contribution >= 4 is 17.5 Å². The Labute approximate surface area is 245 Å². The normalized spacial score (nSPS) is 33.6. The Morgan fingerprint density at radius 1 is 1.17 bits per heavy atom. The molecule has 1 aromatic carbocycles. The van der Waals surface area contributed by atoms with Gasteiger partial charge in [-0.05, 0) is 48.1 Å². The van der Waals surface area contributed by atoms with Gasteiger partial charge in [0.05, 0.1) is 17.7 Å². The first-order chi connectivity index (χ1) is 20.2. The zero-order chi connectivity index (χ0) is 29.3. The number of aromatic hydroxyl groups is 1. The smallest absolute Gasteiger partial charge is 0.278 e. The van der Waals surface area contributed by atoms with E-state index < -0.39 is 40.3 Å². The summed E-state index contributed by atoms with van der Waals surface area (Å²) in [6.45, 7) is -0.0956. The van der Waals surface area contributed by atoms with Gasteiger partial charge in [0.1, 0.15) is 13.3 Å². The lowest BCUT2D eigenvalue weighted by Gasteiger charge is -2.56. The number of amides is 1. The molecule has 3 heterocycles. The average molecular weight is 596 g/mol. The van der Waals surface area contributed by atoms with E-state index in [4.69, 9.17) is 21.1 Å². The van der Waals surface area contributed by atoms with Crippen LogP contribution in [0.25, 0.3) is 0 Å². The molecule has 3 aliphatic carbocycles. The molecule has 7 rings (SSSR count). The second-order valence-corrected chi connectivity index (χ2v) is 11.8. The average Bonchev–Trinajstić information content (AvgIpc) is 3.70. The van der Waals surface area contributed by atoms with Gasteiger partial charge < -0.3 is 19.5 Å². The number of rotatable bonds is 2. The van der Waals surface area contributed by atoms with Crippen LogP contribution in [-0.4, -0.2) is 52.6 Å². The van der Waals surface area contributed by atoms with Gasteiger partial charge in [0.15, 0.2) is 23.0 Å². The summed E-state index contributed by atoms with van der Waals surface area (Å²) in [5.74, 6) is -3.54. The highest BCUT2D eigenvalue weighted by molar-refractivity contribution is 6.31. The Morgan fingerprint density at radius 3 is 2.76 bits per heavy atom. The lowest BCUT2D eigenvalue weighted by molar-refractivity contribution is -0.0603. The van der Waals surface area contributed by atoms with Gasteiger partial charge in [-0.2, -0.15) is 4.39 Å². The van der Waals surface area contributed by atoms with Gasteiger partial charge in [0.25, 0.3) is 5.91 Å². The topological polar surface area (TPSA) is 84.2 Å². The van der Waals surface area contributed by atoms with Gasteiger partial charge >= 0.3 is 0 Å². The fourth-order valence-electron chi connectivity index (χ4n) is 6.76. The second-order valence-electron chi connectivity index (χ2n) is 11.4. The van der Waals surface area contributed by atoms with E-state index in [2.05, 4.69) is 6.08 Å². The van der Waals surface area contributed by atoms with Crippen molar-refractivity contribution in [3.8, 4) is 11.5 Å². The summed E-state index contributed by atoms with van der Waals surface area (Å²) in [5, 5.41) is 13.2. The number of hydrogen-bond acceptors (Lipinski definition) is 6. The van der Waals surface area contributed by atoms with Gasteiger partial charge in [-0.3, -0.25) is 19.3 Å². The summed E-state index contributed by atoms with van der Waals surface area (Å²) in [7, 11) is 1.60. The van der Waals surface area contributed by atoms with Gasteiger partial charge in [-0.25, -0.2) is 4.39 Å². The Balaban J connectivity index is 1.52. The SMILES string of the molecule is COC1CC2(/C=C/COc3c(ccc(F)c3F)C(/C3=C(Cl)/C=C\C=C\C4C[C@@H]34)N3CN2C(=O)c2c(O)c(=O)ccn23)C1. The molecule has 2 unspecified atom stereocenters. The van der Waals surface area contributed by atoms with Crippen LogP contribution in [0.2, 0.25) is 0 Å². The highest BCUT2D eigenvalue weighted by atomic mass is 35.5. The zero-order valence-electron chi connectivity index (χ0n) is 22.7. The highest BCUT2D eigenvalue weighted by Gasteiger charge is 2.54. The standard InChI is InChI=1S/C31H28ClF2N3O5/c1-41-18-14-31(15-18)10-4-12-42-29-19(7-8-22(33)25(29)34)26(24-20-13-17(20)5-2-3-6-21(24)32)37-16-35(31)30(40)27-28(39)23(38)9-11-36(27)37/h2-11,17-18,20,26,39H,12-16H2,1H3/b5-2+,6-3-,10-4+,24-21-/t17?,18?,20-,26?,31?/m1/s1. The molecule has 2 bridgehead atoms. The number of aromatic nitrogens is 1. The van der Waals surface area contributed by atoms with E-state index in [0.717, 1.165) is 18.1 Å². The quantitative estimate of drug-likeness (QED) is 0.508. The number of carbonyl (C=O) groups excluding carboxylic acids is 1. The highest BCUT2D eigenvalue weighted by Crippen LogP contribution is 2.55. The van der Waals surface area contributed by atoms with Crippen LogP contribution < -0.4 is 15.2 Å². The molecule has 5 aliphatic rings. The molecular weight excluding hydrogens is 568 g/mol. The van der Waals surface area contributed by atoms with Crippen LogP contribution in [0.1, 0.15) is 41.4 Å². The zero-order valence-corrected chi connectivity index (χ0v) is 23.4. The fourth-order valence-corrected chi connectivity index (χ4v) is 7.08. The Kier molecular flexibility index (Phi) is 6.32. The molecule has 2 aromatic rings. The van der Waals surface area contributed by atoms with Gasteiger partial charge in [-0.15, -0.1) is 0 Å². The molecule has 2 fully saturated rings. The van der Waals surface area contributed by atoms with Crippen LogP contribution in [0.4, 0.5) is 8.78 Å². The number of pyridine rings is 1. The maximum atomic E-state index is 15.6. The number of benzene rings is 1. The fraction of sp³-hybridized carbons (Fsp3) is 0.355. The minimum absolute atomic E-state index is 0.0113. The molecular formula is C31H28ClF2N3O5. The van der Waals surface area contributed by atoms with E-state index in [1.165, 1.54) is 23.0 Å². The van der Waals surface area contributed by atoms with Gasteiger partial charge in [0.2, 0.25) is 11.2 Å². The lowest BCUT2D eigenvalue weighted by atomic mass is 9.72. The summed E-state index contributed by atoms with van der Waals surface area (Å²) in [6, 6.07) is 2.82. The van der Waals surface area contributed by atoms with Crippen molar-refractivity contribution in [3.63, 3.8) is 0 Å². The van der Waals surface area contributed by atoms with Crippen molar-refractivity contribution < 1.29 is 28.2 Å². The number of carbonyl (C=O) groups is 1. The molecule has 1 N–H and O–H groups in total. The van der Waals surface area contributed by atoms with E-state index in [9.17, 15) is 19.1 Å². The molecule has 8 nitrogen and oxygen atoms in total. The first-order valence-corrected chi connectivity index (χ1v) is 14.2. The predicted octanol–water partition coefficient (Wildman–Crippen LogP) is 4.68. The van der Waals surface area contributed by atoms with Crippen molar-refractivity contribution in [1.29, 1.82) is 0 Å². The summed E-state index contributed by atoms with van der Waals surface area (Å²) in [5.41, 5.74) is -0.724. The first kappa shape index (κ1) is 27.0. The van der Waals surface area contributed by atoms with Crippen LogP contribution in [-0.2, 0) is 4.74 Å². The molecule has 1 spiro atoms. The van der Waals surface area contributed by atoms with Gasteiger partial charge in [-0.1, -0.05) is 35.9 Å². The van der Waals surface area contributed by atoms with Gasteiger partial charge in [0, 0.05) is 42.8 Å².